The summed E-state index contributed by atoms with van der Waals surface area (Å²) in [6.45, 7) is 3.63. The standard InChI is InChI=1S/C25H27N2OS/c1-26-23-7-2-3-8-24(23)29-25(26)21-6-4-5-20(18-21)17-19-9-11-22(12-10-19)27-13-15-28-16-14-27/h2-3,7-12,17-18H,4-6,13-16H2,1H3/q+1. The number of rotatable bonds is 3. The van der Waals surface area contributed by atoms with E-state index >= 15 is 0 Å². The van der Waals surface area contributed by atoms with E-state index < -0.39 is 0 Å². The van der Waals surface area contributed by atoms with Gasteiger partial charge in [0.05, 0.1) is 13.2 Å². The molecule has 2 heterocycles. The maximum absolute atomic E-state index is 5.46. The van der Waals surface area contributed by atoms with Crippen molar-refractivity contribution in [3.05, 3.63) is 70.8 Å². The Kier molecular flexibility index (Phi) is 5.21. The molecule has 1 saturated heterocycles. The van der Waals surface area contributed by atoms with Crippen molar-refractivity contribution in [2.24, 2.45) is 7.05 Å². The maximum atomic E-state index is 5.46. The number of anilines is 1. The summed E-state index contributed by atoms with van der Waals surface area (Å²) in [7, 11) is 2.19. The Morgan fingerprint density at radius 3 is 2.59 bits per heavy atom. The van der Waals surface area contributed by atoms with Crippen molar-refractivity contribution in [1.82, 2.24) is 0 Å². The van der Waals surface area contributed by atoms with Crippen LogP contribution in [0.4, 0.5) is 5.69 Å². The minimum atomic E-state index is 0.828. The van der Waals surface area contributed by atoms with Gasteiger partial charge in [-0.25, -0.2) is 0 Å². The number of thiazole rings is 1. The first-order valence-electron chi connectivity index (χ1n) is 10.5. The van der Waals surface area contributed by atoms with E-state index in [0.29, 0.717) is 0 Å². The summed E-state index contributed by atoms with van der Waals surface area (Å²) in [5, 5.41) is 1.39. The smallest absolute Gasteiger partial charge is 0.265 e. The van der Waals surface area contributed by atoms with Gasteiger partial charge in [0.25, 0.3) is 5.01 Å². The molecule has 1 aliphatic heterocycles. The Morgan fingerprint density at radius 2 is 1.79 bits per heavy atom. The third-order valence-corrected chi connectivity index (χ3v) is 7.20. The number of ether oxygens (including phenoxy) is 1. The Bertz CT molecular complexity index is 1070. The van der Waals surface area contributed by atoms with Gasteiger partial charge in [-0.05, 0) is 54.7 Å². The number of allylic oxidation sites excluding steroid dienone is 3. The average molecular weight is 404 g/mol. The van der Waals surface area contributed by atoms with Crippen molar-refractivity contribution in [3.8, 4) is 0 Å². The second kappa shape index (κ2) is 8.13. The molecule has 29 heavy (non-hydrogen) atoms. The van der Waals surface area contributed by atoms with Gasteiger partial charge in [0.15, 0.2) is 0 Å². The van der Waals surface area contributed by atoms with E-state index in [1.165, 1.54) is 44.0 Å². The molecule has 0 amide bonds. The van der Waals surface area contributed by atoms with Crippen LogP contribution >= 0.6 is 11.3 Å². The molecule has 4 heteroatoms. The monoisotopic (exact) mass is 403 g/mol. The fourth-order valence-electron chi connectivity index (χ4n) is 4.33. The minimum Gasteiger partial charge on any atom is -0.378 e. The van der Waals surface area contributed by atoms with Gasteiger partial charge in [-0.2, -0.15) is 4.57 Å². The number of hydrogen-bond acceptors (Lipinski definition) is 3. The first-order chi connectivity index (χ1) is 14.3. The molecule has 3 aromatic rings. The van der Waals surface area contributed by atoms with Crippen LogP contribution in [0.1, 0.15) is 29.8 Å². The van der Waals surface area contributed by atoms with E-state index in [1.807, 2.05) is 11.3 Å². The molecule has 0 spiro atoms. The minimum absolute atomic E-state index is 0.828. The molecular formula is C25H27N2OS+. The predicted molar refractivity (Wildman–Crippen MR) is 122 cm³/mol. The topological polar surface area (TPSA) is 16.4 Å². The molecule has 1 aromatic heterocycles. The molecule has 1 aliphatic carbocycles. The van der Waals surface area contributed by atoms with Gasteiger partial charge in [-0.1, -0.05) is 41.7 Å². The number of aromatic nitrogens is 1. The molecule has 2 aliphatic rings. The maximum Gasteiger partial charge on any atom is 0.265 e. The largest absolute Gasteiger partial charge is 0.378 e. The molecule has 5 rings (SSSR count). The lowest BCUT2D eigenvalue weighted by Gasteiger charge is -2.28. The fraction of sp³-hybridized carbons (Fsp3) is 0.320. The van der Waals surface area contributed by atoms with Crippen LogP contribution in [-0.2, 0) is 11.8 Å². The summed E-state index contributed by atoms with van der Waals surface area (Å²) in [4.78, 5) is 2.40. The Labute approximate surface area is 176 Å². The van der Waals surface area contributed by atoms with Gasteiger partial charge in [-0.15, -0.1) is 0 Å². The zero-order valence-corrected chi connectivity index (χ0v) is 17.8. The first kappa shape index (κ1) is 18.6. The highest BCUT2D eigenvalue weighted by Crippen LogP contribution is 2.34. The number of nitrogens with zero attached hydrogens (tertiary/aromatic N) is 2. The van der Waals surface area contributed by atoms with Crippen molar-refractivity contribution in [1.29, 1.82) is 0 Å². The number of morpholine rings is 1. The molecule has 0 bridgehead atoms. The lowest BCUT2D eigenvalue weighted by molar-refractivity contribution is -0.642. The molecule has 0 unspecified atom stereocenters. The quantitative estimate of drug-likeness (QED) is 0.558. The Hall–Kier alpha value is -2.43. The number of aryl methyl sites for hydroxylation is 1. The van der Waals surface area contributed by atoms with E-state index in [4.69, 9.17) is 4.74 Å². The summed E-state index contributed by atoms with van der Waals surface area (Å²) < 4.78 is 9.18. The second-order valence-electron chi connectivity index (χ2n) is 7.87. The summed E-state index contributed by atoms with van der Waals surface area (Å²) >= 11 is 1.91. The van der Waals surface area contributed by atoms with Gasteiger partial charge in [0.1, 0.15) is 11.7 Å². The summed E-state index contributed by atoms with van der Waals surface area (Å²) in [5.74, 6) is 0. The predicted octanol–water partition coefficient (Wildman–Crippen LogP) is 5.21. The molecule has 2 aromatic carbocycles. The van der Waals surface area contributed by atoms with Crippen LogP contribution in [0.5, 0.6) is 0 Å². The van der Waals surface area contributed by atoms with E-state index in [-0.39, 0.29) is 0 Å². The molecule has 0 atom stereocenters. The Morgan fingerprint density at radius 1 is 1.00 bits per heavy atom. The van der Waals surface area contributed by atoms with Crippen molar-refractivity contribution < 1.29 is 9.30 Å². The van der Waals surface area contributed by atoms with Crippen molar-refractivity contribution in [2.45, 2.75) is 19.3 Å². The van der Waals surface area contributed by atoms with E-state index in [2.05, 4.69) is 77.2 Å². The van der Waals surface area contributed by atoms with Crippen molar-refractivity contribution in [2.75, 3.05) is 31.2 Å². The SMILES string of the molecule is C[n+]1c(C2=C/C(=C/c3ccc(N4CCOCC4)cc3)CCC2)sc2ccccc21. The molecule has 3 nitrogen and oxygen atoms in total. The van der Waals surface area contributed by atoms with Crippen LogP contribution < -0.4 is 9.47 Å². The normalized spacial score (nSPS) is 19.0. The zero-order valence-electron chi connectivity index (χ0n) is 16.9. The van der Waals surface area contributed by atoms with Crippen LogP contribution in [0.25, 0.3) is 21.9 Å². The van der Waals surface area contributed by atoms with Gasteiger partial charge < -0.3 is 9.64 Å². The first-order valence-corrected chi connectivity index (χ1v) is 11.3. The highest BCUT2D eigenvalue weighted by Gasteiger charge is 2.22. The molecule has 148 valence electrons. The summed E-state index contributed by atoms with van der Waals surface area (Å²) in [5.41, 5.74) is 6.81. The average Bonchev–Trinajstić information content (AvgIpc) is 3.12. The zero-order chi connectivity index (χ0) is 19.6. The van der Waals surface area contributed by atoms with Crippen LogP contribution in [-0.4, -0.2) is 26.3 Å². The number of fused-ring (bicyclic) bond motifs is 1. The van der Waals surface area contributed by atoms with Gasteiger partial charge in [0, 0.05) is 30.4 Å². The number of hydrogen-bond donors (Lipinski definition) is 0. The van der Waals surface area contributed by atoms with Crippen LogP contribution in [0.3, 0.4) is 0 Å². The Balaban J connectivity index is 1.40. The third kappa shape index (κ3) is 3.87. The lowest BCUT2D eigenvalue weighted by Crippen LogP contribution is -2.36. The van der Waals surface area contributed by atoms with Crippen LogP contribution in [0.2, 0.25) is 0 Å². The lowest BCUT2D eigenvalue weighted by atomic mass is 9.94. The number of benzene rings is 2. The summed E-state index contributed by atoms with van der Waals surface area (Å²) in [6, 6.07) is 17.7. The van der Waals surface area contributed by atoms with E-state index in [1.54, 1.807) is 0 Å². The van der Waals surface area contributed by atoms with E-state index in [9.17, 15) is 0 Å². The van der Waals surface area contributed by atoms with E-state index in [0.717, 1.165) is 39.1 Å². The highest BCUT2D eigenvalue weighted by molar-refractivity contribution is 7.19. The highest BCUT2D eigenvalue weighted by atomic mass is 32.1. The van der Waals surface area contributed by atoms with Gasteiger partial charge in [-0.3, -0.25) is 0 Å². The molecule has 0 radical (unpaired) electrons. The van der Waals surface area contributed by atoms with Crippen molar-refractivity contribution >= 4 is 38.9 Å². The van der Waals surface area contributed by atoms with Crippen molar-refractivity contribution in [3.63, 3.8) is 0 Å². The van der Waals surface area contributed by atoms with Crippen LogP contribution in [0.15, 0.2) is 60.2 Å². The second-order valence-corrected chi connectivity index (χ2v) is 8.90. The van der Waals surface area contributed by atoms with Gasteiger partial charge in [0.2, 0.25) is 5.52 Å². The third-order valence-electron chi connectivity index (χ3n) is 5.91. The fourth-order valence-corrected chi connectivity index (χ4v) is 5.53. The molecule has 0 N–H and O–H groups in total. The number of para-hydroxylation sites is 1. The molecule has 1 fully saturated rings. The van der Waals surface area contributed by atoms with Crippen LogP contribution in [0, 0.1) is 0 Å². The van der Waals surface area contributed by atoms with Gasteiger partial charge >= 0.3 is 0 Å². The summed E-state index contributed by atoms with van der Waals surface area (Å²) in [6.07, 6.45) is 8.31. The molecule has 0 saturated carbocycles. The molecular weight excluding hydrogens is 376 g/mol.